The molecule has 5 heteroatoms. The average molecular weight is 230 g/mol. The van der Waals surface area contributed by atoms with Crippen LogP contribution < -0.4 is 0 Å². The molecule has 0 N–H and O–H groups in total. The van der Waals surface area contributed by atoms with E-state index in [0.717, 1.165) is 0 Å². The van der Waals surface area contributed by atoms with Gasteiger partial charge in [0.1, 0.15) is 0 Å². The Morgan fingerprint density at radius 1 is 0.846 bits per heavy atom. The summed E-state index contributed by atoms with van der Waals surface area (Å²) in [5.41, 5.74) is 0. The van der Waals surface area contributed by atoms with Gasteiger partial charge in [-0.15, -0.1) is 0 Å². The summed E-state index contributed by atoms with van der Waals surface area (Å²) in [5.74, 6) is 0. The van der Waals surface area contributed by atoms with Crippen molar-refractivity contribution in [1.29, 1.82) is 0 Å². The molecular formula is C8H12N4Zn+2. The molecule has 0 amide bonds. The Hall–Kier alpha value is -0.957. The van der Waals surface area contributed by atoms with Gasteiger partial charge in [-0.05, 0) is 0 Å². The zero-order valence-electron chi connectivity index (χ0n) is 7.96. The van der Waals surface area contributed by atoms with Crippen LogP contribution >= 0.6 is 0 Å². The van der Waals surface area contributed by atoms with Gasteiger partial charge in [0.25, 0.3) is 0 Å². The van der Waals surface area contributed by atoms with E-state index in [1.54, 1.807) is 25.0 Å². The molecule has 2 aromatic rings. The fourth-order valence-electron chi connectivity index (χ4n) is 0.652. The molecule has 0 aliphatic rings. The van der Waals surface area contributed by atoms with Crippen LogP contribution in [-0.4, -0.2) is 19.1 Å². The van der Waals surface area contributed by atoms with E-state index in [-0.39, 0.29) is 19.5 Å². The SMILES string of the molecule is Cn1ccnc1.Cn1ccnc1.[Zn+2]. The van der Waals surface area contributed by atoms with E-state index in [1.807, 2.05) is 35.6 Å². The number of aromatic nitrogens is 4. The fraction of sp³-hybridized carbons (Fsp3) is 0.250. The first-order chi connectivity index (χ1) is 5.79. The van der Waals surface area contributed by atoms with Crippen molar-refractivity contribution < 1.29 is 19.5 Å². The first-order valence-electron chi connectivity index (χ1n) is 3.63. The number of rotatable bonds is 0. The Morgan fingerprint density at radius 3 is 1.31 bits per heavy atom. The molecule has 0 saturated heterocycles. The normalized spacial score (nSPS) is 8.15. The summed E-state index contributed by atoms with van der Waals surface area (Å²) in [6.45, 7) is 0. The standard InChI is InChI=1S/2C4H6N2.Zn/c2*1-6-3-2-5-4-6;/h2*2-4H,1H3;/q;;+2. The van der Waals surface area contributed by atoms with Crippen molar-refractivity contribution in [3.63, 3.8) is 0 Å². The summed E-state index contributed by atoms with van der Waals surface area (Å²) in [6, 6.07) is 0. The van der Waals surface area contributed by atoms with E-state index in [4.69, 9.17) is 0 Å². The molecule has 0 radical (unpaired) electrons. The van der Waals surface area contributed by atoms with Gasteiger partial charge < -0.3 is 9.13 Å². The van der Waals surface area contributed by atoms with E-state index in [9.17, 15) is 0 Å². The first-order valence-corrected chi connectivity index (χ1v) is 3.63. The van der Waals surface area contributed by atoms with Crippen molar-refractivity contribution in [3.05, 3.63) is 37.4 Å². The second kappa shape index (κ2) is 6.55. The Morgan fingerprint density at radius 2 is 1.23 bits per heavy atom. The minimum atomic E-state index is 0. The molecule has 0 atom stereocenters. The summed E-state index contributed by atoms with van der Waals surface area (Å²) >= 11 is 0. The Balaban J connectivity index is 0.000000206. The minimum Gasteiger partial charge on any atom is -0.341 e. The maximum absolute atomic E-state index is 3.78. The number of hydrogen-bond donors (Lipinski definition) is 0. The zero-order chi connectivity index (χ0) is 8.81. The molecule has 13 heavy (non-hydrogen) atoms. The maximum Gasteiger partial charge on any atom is 2.00 e. The summed E-state index contributed by atoms with van der Waals surface area (Å²) < 4.78 is 3.78. The molecule has 64 valence electrons. The van der Waals surface area contributed by atoms with Crippen LogP contribution in [-0.2, 0) is 33.6 Å². The third-order valence-corrected chi connectivity index (χ3v) is 1.27. The van der Waals surface area contributed by atoms with Crippen molar-refractivity contribution in [2.45, 2.75) is 0 Å². The fourth-order valence-corrected chi connectivity index (χ4v) is 0.652. The number of imidazole rings is 2. The summed E-state index contributed by atoms with van der Waals surface area (Å²) in [4.78, 5) is 7.57. The van der Waals surface area contributed by atoms with Gasteiger partial charge in [0, 0.05) is 38.9 Å². The van der Waals surface area contributed by atoms with Gasteiger partial charge in [-0.1, -0.05) is 0 Å². The molecule has 0 aromatic carbocycles. The van der Waals surface area contributed by atoms with Crippen molar-refractivity contribution in [2.75, 3.05) is 0 Å². The maximum atomic E-state index is 3.78. The Labute approximate surface area is 90.4 Å². The smallest absolute Gasteiger partial charge is 0.341 e. The molecule has 0 aliphatic heterocycles. The van der Waals surface area contributed by atoms with Gasteiger partial charge in [-0.25, -0.2) is 9.97 Å². The van der Waals surface area contributed by atoms with Crippen molar-refractivity contribution in [1.82, 2.24) is 19.1 Å². The molecule has 4 nitrogen and oxygen atoms in total. The average Bonchev–Trinajstić information content (AvgIpc) is 2.63. The van der Waals surface area contributed by atoms with E-state index in [2.05, 4.69) is 9.97 Å². The molecule has 0 spiro atoms. The van der Waals surface area contributed by atoms with Crippen LogP contribution in [0.4, 0.5) is 0 Å². The first kappa shape index (κ1) is 12.0. The monoisotopic (exact) mass is 228 g/mol. The Kier molecular flexibility index (Phi) is 6.07. The summed E-state index contributed by atoms with van der Waals surface area (Å²) in [7, 11) is 3.88. The van der Waals surface area contributed by atoms with E-state index < -0.39 is 0 Å². The molecule has 2 heterocycles. The van der Waals surface area contributed by atoms with Crippen LogP contribution in [0.5, 0.6) is 0 Å². The second-order valence-electron chi connectivity index (χ2n) is 2.46. The van der Waals surface area contributed by atoms with Crippen LogP contribution in [0, 0.1) is 0 Å². The van der Waals surface area contributed by atoms with Crippen LogP contribution in [0.1, 0.15) is 0 Å². The van der Waals surface area contributed by atoms with Gasteiger partial charge in [-0.2, -0.15) is 0 Å². The Bertz CT molecular complexity index is 256. The molecule has 0 unspecified atom stereocenters. The third-order valence-electron chi connectivity index (χ3n) is 1.27. The van der Waals surface area contributed by atoms with Crippen LogP contribution in [0.2, 0.25) is 0 Å². The van der Waals surface area contributed by atoms with Gasteiger partial charge >= 0.3 is 19.5 Å². The molecule has 0 fully saturated rings. The van der Waals surface area contributed by atoms with Crippen LogP contribution in [0.3, 0.4) is 0 Å². The summed E-state index contributed by atoms with van der Waals surface area (Å²) in [5, 5.41) is 0. The molecule has 2 rings (SSSR count). The van der Waals surface area contributed by atoms with Crippen molar-refractivity contribution >= 4 is 0 Å². The second-order valence-corrected chi connectivity index (χ2v) is 2.46. The van der Waals surface area contributed by atoms with Crippen LogP contribution in [0.15, 0.2) is 37.4 Å². The number of hydrogen-bond acceptors (Lipinski definition) is 2. The van der Waals surface area contributed by atoms with Crippen molar-refractivity contribution in [2.24, 2.45) is 14.1 Å². The predicted octanol–water partition coefficient (Wildman–Crippen LogP) is 0.838. The largest absolute Gasteiger partial charge is 2.00 e. The van der Waals surface area contributed by atoms with E-state index in [0.29, 0.717) is 0 Å². The van der Waals surface area contributed by atoms with E-state index >= 15 is 0 Å². The van der Waals surface area contributed by atoms with Crippen LogP contribution in [0.25, 0.3) is 0 Å². The number of nitrogens with zero attached hydrogens (tertiary/aromatic N) is 4. The topological polar surface area (TPSA) is 35.6 Å². The van der Waals surface area contributed by atoms with E-state index in [1.165, 1.54) is 0 Å². The zero-order valence-corrected chi connectivity index (χ0v) is 10.9. The van der Waals surface area contributed by atoms with Gasteiger partial charge in [0.2, 0.25) is 0 Å². The van der Waals surface area contributed by atoms with Crippen molar-refractivity contribution in [3.8, 4) is 0 Å². The number of aryl methyl sites for hydroxylation is 2. The van der Waals surface area contributed by atoms with Gasteiger partial charge in [0.05, 0.1) is 12.7 Å². The quantitative estimate of drug-likeness (QED) is 0.628. The molecule has 2 aromatic heterocycles. The summed E-state index contributed by atoms with van der Waals surface area (Å²) in [6.07, 6.45) is 10.8. The third kappa shape index (κ3) is 5.31. The van der Waals surface area contributed by atoms with Gasteiger partial charge in [-0.3, -0.25) is 0 Å². The minimum absolute atomic E-state index is 0. The predicted molar refractivity (Wildman–Crippen MR) is 46.4 cm³/mol. The molecule has 0 aliphatic carbocycles. The molecular weight excluding hydrogens is 218 g/mol. The molecule has 0 bridgehead atoms. The van der Waals surface area contributed by atoms with Gasteiger partial charge in [0.15, 0.2) is 0 Å². The molecule has 0 saturated carbocycles.